The van der Waals surface area contributed by atoms with Crippen LogP contribution in [0.5, 0.6) is 0 Å². The third kappa shape index (κ3) is 4.40. The van der Waals surface area contributed by atoms with Crippen molar-refractivity contribution in [3.63, 3.8) is 0 Å². The average Bonchev–Trinajstić information content (AvgIpc) is 3.01. The number of aromatic nitrogens is 1. The van der Waals surface area contributed by atoms with Gasteiger partial charge in [-0.15, -0.1) is 0 Å². The second-order valence-electron chi connectivity index (χ2n) is 6.38. The summed E-state index contributed by atoms with van der Waals surface area (Å²) in [5.41, 5.74) is -1.18. The highest BCUT2D eigenvalue weighted by molar-refractivity contribution is 5.98. The number of carboxylic acids is 1. The van der Waals surface area contributed by atoms with E-state index < -0.39 is 22.5 Å². The first-order valence-corrected chi connectivity index (χ1v) is 7.34. The largest absolute Gasteiger partial charge is 0.478 e. The topological polar surface area (TPSA) is 136 Å². The van der Waals surface area contributed by atoms with Crippen LogP contribution in [0.2, 0.25) is 0 Å². The summed E-state index contributed by atoms with van der Waals surface area (Å²) in [6.45, 7) is 5.82. The van der Waals surface area contributed by atoms with Gasteiger partial charge < -0.3 is 14.8 Å². The third-order valence-electron chi connectivity index (χ3n) is 3.33. The highest BCUT2D eigenvalue weighted by atomic mass is 16.6. The van der Waals surface area contributed by atoms with Gasteiger partial charge in [-0.1, -0.05) is 20.8 Å². The van der Waals surface area contributed by atoms with Crippen molar-refractivity contribution in [1.82, 2.24) is 10.3 Å². The highest BCUT2D eigenvalue weighted by Crippen LogP contribution is 2.22. The number of rotatable bonds is 5. The predicted molar refractivity (Wildman–Crippen MR) is 86.4 cm³/mol. The fraction of sp³-hybridized carbons (Fsp3) is 0.312. The number of nitrogens with zero attached hydrogens (tertiary/aromatic N) is 2. The van der Waals surface area contributed by atoms with Crippen molar-refractivity contribution < 1.29 is 24.0 Å². The zero-order chi connectivity index (χ0) is 18.8. The Hall–Kier alpha value is -3.23. The van der Waals surface area contributed by atoms with Crippen LogP contribution in [-0.4, -0.2) is 26.9 Å². The lowest BCUT2D eigenvalue weighted by Gasteiger charge is -2.13. The lowest BCUT2D eigenvalue weighted by atomic mass is 9.94. The van der Waals surface area contributed by atoms with Crippen LogP contribution in [-0.2, 0) is 12.0 Å². The summed E-state index contributed by atoms with van der Waals surface area (Å²) in [6.07, 6.45) is 1.57. The number of carbonyl (C=O) groups excluding carboxylic acids is 1. The summed E-state index contributed by atoms with van der Waals surface area (Å²) in [7, 11) is 0. The standard InChI is InChI=1S/C16H17N3O6/c1-16(2,3)12-7-17-13(25-12)8-18-14(20)9-4-10(15(21)22)6-11(5-9)19(23)24/h4-7H,8H2,1-3H3,(H,18,20)(H,21,22). The van der Waals surface area contributed by atoms with Gasteiger partial charge >= 0.3 is 5.97 Å². The minimum atomic E-state index is -1.36. The second-order valence-corrected chi connectivity index (χ2v) is 6.38. The monoisotopic (exact) mass is 347 g/mol. The van der Waals surface area contributed by atoms with E-state index in [0.29, 0.717) is 5.76 Å². The van der Waals surface area contributed by atoms with Crippen LogP contribution >= 0.6 is 0 Å². The molecule has 0 saturated heterocycles. The first-order chi connectivity index (χ1) is 11.6. The minimum absolute atomic E-state index is 0.0278. The number of benzene rings is 1. The highest BCUT2D eigenvalue weighted by Gasteiger charge is 2.20. The Balaban J connectivity index is 2.16. The maximum Gasteiger partial charge on any atom is 0.335 e. The van der Waals surface area contributed by atoms with E-state index in [9.17, 15) is 19.7 Å². The van der Waals surface area contributed by atoms with E-state index in [1.807, 2.05) is 20.8 Å². The Labute approximate surface area is 142 Å². The molecule has 0 radical (unpaired) electrons. The molecule has 2 rings (SSSR count). The lowest BCUT2D eigenvalue weighted by molar-refractivity contribution is -0.384. The van der Waals surface area contributed by atoms with Crippen molar-refractivity contribution >= 4 is 17.6 Å². The Morgan fingerprint density at radius 3 is 2.44 bits per heavy atom. The molecule has 1 aromatic carbocycles. The summed E-state index contributed by atoms with van der Waals surface area (Å²) in [6, 6.07) is 2.97. The van der Waals surface area contributed by atoms with Crippen LogP contribution in [0.25, 0.3) is 0 Å². The van der Waals surface area contributed by atoms with Crippen LogP contribution in [0.15, 0.2) is 28.8 Å². The molecule has 1 aromatic heterocycles. The van der Waals surface area contributed by atoms with Gasteiger partial charge in [0.25, 0.3) is 11.6 Å². The van der Waals surface area contributed by atoms with E-state index in [0.717, 1.165) is 18.2 Å². The molecule has 9 nitrogen and oxygen atoms in total. The van der Waals surface area contributed by atoms with Crippen LogP contribution in [0.1, 0.15) is 53.1 Å². The van der Waals surface area contributed by atoms with Crippen LogP contribution in [0.3, 0.4) is 0 Å². The number of hydrogen-bond donors (Lipinski definition) is 2. The van der Waals surface area contributed by atoms with Crippen molar-refractivity contribution in [2.24, 2.45) is 0 Å². The SMILES string of the molecule is CC(C)(C)c1cnc(CNC(=O)c2cc(C(=O)O)cc([N+](=O)[O-])c2)o1. The summed E-state index contributed by atoms with van der Waals surface area (Å²) >= 11 is 0. The normalized spacial score (nSPS) is 11.2. The van der Waals surface area contributed by atoms with E-state index in [-0.39, 0.29) is 29.0 Å². The molecule has 0 unspecified atom stereocenters. The molecule has 2 aromatic rings. The van der Waals surface area contributed by atoms with Crippen molar-refractivity contribution in [3.8, 4) is 0 Å². The van der Waals surface area contributed by atoms with Crippen LogP contribution < -0.4 is 5.32 Å². The van der Waals surface area contributed by atoms with Gasteiger partial charge in [0.1, 0.15) is 5.76 Å². The summed E-state index contributed by atoms with van der Waals surface area (Å²) in [5.74, 6) is -1.09. The molecule has 25 heavy (non-hydrogen) atoms. The van der Waals surface area contributed by atoms with Crippen LogP contribution in [0, 0.1) is 10.1 Å². The number of amides is 1. The van der Waals surface area contributed by atoms with E-state index in [1.165, 1.54) is 0 Å². The quantitative estimate of drug-likeness (QED) is 0.626. The molecule has 2 N–H and O–H groups in total. The lowest BCUT2D eigenvalue weighted by Crippen LogP contribution is -2.23. The van der Waals surface area contributed by atoms with Gasteiger partial charge in [-0.25, -0.2) is 9.78 Å². The summed E-state index contributed by atoms with van der Waals surface area (Å²) < 4.78 is 5.53. The first-order valence-electron chi connectivity index (χ1n) is 7.34. The van der Waals surface area contributed by atoms with Gasteiger partial charge in [-0.3, -0.25) is 14.9 Å². The summed E-state index contributed by atoms with van der Waals surface area (Å²) in [4.78, 5) is 37.4. The second kappa shape index (κ2) is 6.71. The molecule has 0 spiro atoms. The molecule has 0 bridgehead atoms. The smallest absolute Gasteiger partial charge is 0.335 e. The van der Waals surface area contributed by atoms with Gasteiger partial charge in [-0.05, 0) is 6.07 Å². The zero-order valence-electron chi connectivity index (χ0n) is 13.9. The maximum atomic E-state index is 12.2. The number of nitrogens with one attached hydrogen (secondary N) is 1. The van der Waals surface area contributed by atoms with E-state index in [4.69, 9.17) is 9.52 Å². The number of non-ortho nitro benzene ring substituents is 1. The maximum absolute atomic E-state index is 12.2. The van der Waals surface area contributed by atoms with E-state index in [2.05, 4.69) is 10.3 Å². The Morgan fingerprint density at radius 1 is 1.28 bits per heavy atom. The molecule has 0 aliphatic rings. The molecule has 0 aliphatic heterocycles. The number of nitro benzene ring substituents is 1. The zero-order valence-corrected chi connectivity index (χ0v) is 13.9. The van der Waals surface area contributed by atoms with Gasteiger partial charge in [0, 0.05) is 23.1 Å². The fourth-order valence-corrected chi connectivity index (χ4v) is 1.97. The fourth-order valence-electron chi connectivity index (χ4n) is 1.97. The van der Waals surface area contributed by atoms with Crippen molar-refractivity contribution in [1.29, 1.82) is 0 Å². The molecule has 0 atom stereocenters. The minimum Gasteiger partial charge on any atom is -0.478 e. The molecule has 1 heterocycles. The molecule has 1 amide bonds. The van der Waals surface area contributed by atoms with E-state index >= 15 is 0 Å². The molecule has 132 valence electrons. The molecular weight excluding hydrogens is 330 g/mol. The number of hydrogen-bond acceptors (Lipinski definition) is 6. The Morgan fingerprint density at radius 2 is 1.92 bits per heavy atom. The van der Waals surface area contributed by atoms with Crippen molar-refractivity contribution in [2.45, 2.75) is 32.7 Å². The van der Waals surface area contributed by atoms with Crippen molar-refractivity contribution in [2.75, 3.05) is 0 Å². The van der Waals surface area contributed by atoms with Gasteiger partial charge in [0.2, 0.25) is 5.89 Å². The Kier molecular flexibility index (Phi) is 4.87. The van der Waals surface area contributed by atoms with Crippen LogP contribution in [0.4, 0.5) is 5.69 Å². The molecule has 0 saturated carbocycles. The average molecular weight is 347 g/mol. The molecular formula is C16H17N3O6. The predicted octanol–water partition coefficient (Wildman–Crippen LogP) is 2.51. The van der Waals surface area contributed by atoms with Gasteiger partial charge in [-0.2, -0.15) is 0 Å². The van der Waals surface area contributed by atoms with Gasteiger partial charge in [0.05, 0.1) is 23.2 Å². The summed E-state index contributed by atoms with van der Waals surface area (Å²) in [5, 5.41) is 22.4. The number of carboxylic acid groups (broad SMARTS) is 1. The molecule has 9 heteroatoms. The third-order valence-corrected chi connectivity index (χ3v) is 3.33. The number of aromatic carboxylic acids is 1. The molecule has 0 fully saturated rings. The number of nitro groups is 1. The van der Waals surface area contributed by atoms with E-state index in [1.54, 1.807) is 6.20 Å². The van der Waals surface area contributed by atoms with Gasteiger partial charge in [0.15, 0.2) is 0 Å². The molecule has 0 aliphatic carbocycles. The number of oxazole rings is 1. The number of carbonyl (C=O) groups is 2. The Bertz CT molecular complexity index is 802. The van der Waals surface area contributed by atoms with Crippen molar-refractivity contribution in [3.05, 3.63) is 57.3 Å². The first kappa shape index (κ1) is 18.1.